The van der Waals surface area contributed by atoms with Gasteiger partial charge < -0.3 is 14.5 Å². The van der Waals surface area contributed by atoms with Crippen molar-refractivity contribution in [3.05, 3.63) is 24.2 Å². The van der Waals surface area contributed by atoms with E-state index in [0.29, 0.717) is 12.0 Å². The van der Waals surface area contributed by atoms with Gasteiger partial charge in [0.25, 0.3) is 0 Å². The Balaban J connectivity index is 1.41. The van der Waals surface area contributed by atoms with Crippen molar-refractivity contribution in [2.75, 3.05) is 19.7 Å². The lowest BCUT2D eigenvalue weighted by atomic mass is 9.79. The molecule has 1 amide bonds. The highest BCUT2D eigenvalue weighted by Crippen LogP contribution is 2.34. The van der Waals surface area contributed by atoms with Crippen molar-refractivity contribution in [3.8, 4) is 0 Å². The van der Waals surface area contributed by atoms with Gasteiger partial charge >= 0.3 is 0 Å². The molecule has 0 aromatic carbocycles. The molecule has 2 saturated heterocycles. The molecule has 2 aliphatic heterocycles. The molecule has 3 atom stereocenters. The summed E-state index contributed by atoms with van der Waals surface area (Å²) in [6.45, 7) is 3.60. The Morgan fingerprint density at radius 2 is 2.23 bits per heavy atom. The van der Waals surface area contributed by atoms with Gasteiger partial charge in [-0.05, 0) is 31.7 Å². The van der Waals surface area contributed by atoms with E-state index in [1.54, 1.807) is 12.5 Å². The lowest BCUT2D eigenvalue weighted by Crippen LogP contribution is -2.53. The standard InChI is InChI=1S/C17H24N2O3/c20-17(18-13-1-2-13)14-5-8-22-16-3-6-19(10-15(14)16)9-12-4-7-21-11-12/h4,7,11,13-16H,1-3,5-6,8-10H2,(H,18,20)/t14-,15+,16-/m1/s1. The maximum absolute atomic E-state index is 12.5. The Morgan fingerprint density at radius 3 is 3.00 bits per heavy atom. The van der Waals surface area contributed by atoms with Gasteiger partial charge in [-0.2, -0.15) is 0 Å². The van der Waals surface area contributed by atoms with Gasteiger partial charge in [0.05, 0.1) is 18.6 Å². The molecule has 0 spiro atoms. The van der Waals surface area contributed by atoms with E-state index in [9.17, 15) is 4.79 Å². The molecule has 120 valence electrons. The summed E-state index contributed by atoms with van der Waals surface area (Å²) in [6.07, 6.45) is 7.96. The van der Waals surface area contributed by atoms with Gasteiger partial charge in [-0.3, -0.25) is 9.69 Å². The van der Waals surface area contributed by atoms with E-state index >= 15 is 0 Å². The first kappa shape index (κ1) is 14.3. The van der Waals surface area contributed by atoms with E-state index in [4.69, 9.17) is 9.15 Å². The Bertz CT molecular complexity index is 512. The molecule has 0 unspecified atom stereocenters. The number of carbonyl (C=O) groups excluding carboxylic acids is 1. The molecule has 5 nitrogen and oxygen atoms in total. The Labute approximate surface area is 131 Å². The number of ether oxygens (including phenoxy) is 1. The number of hydrogen-bond acceptors (Lipinski definition) is 4. The summed E-state index contributed by atoms with van der Waals surface area (Å²) in [5.74, 6) is 0.700. The summed E-state index contributed by atoms with van der Waals surface area (Å²) in [4.78, 5) is 15.0. The predicted octanol–water partition coefficient (Wildman–Crippen LogP) is 1.79. The predicted molar refractivity (Wildman–Crippen MR) is 81.1 cm³/mol. The van der Waals surface area contributed by atoms with Crippen molar-refractivity contribution in [2.45, 2.75) is 44.4 Å². The molecule has 3 fully saturated rings. The minimum absolute atomic E-state index is 0.117. The van der Waals surface area contributed by atoms with Crippen LogP contribution in [-0.4, -0.2) is 42.6 Å². The van der Waals surface area contributed by atoms with Crippen molar-refractivity contribution in [1.82, 2.24) is 10.2 Å². The van der Waals surface area contributed by atoms with Gasteiger partial charge in [0, 0.05) is 49.7 Å². The van der Waals surface area contributed by atoms with Crippen molar-refractivity contribution < 1.29 is 13.9 Å². The summed E-state index contributed by atoms with van der Waals surface area (Å²) >= 11 is 0. The number of nitrogens with one attached hydrogen (secondary N) is 1. The van der Waals surface area contributed by atoms with Gasteiger partial charge in [0.15, 0.2) is 0 Å². The van der Waals surface area contributed by atoms with Crippen LogP contribution in [0.1, 0.15) is 31.2 Å². The zero-order valence-electron chi connectivity index (χ0n) is 12.9. The largest absolute Gasteiger partial charge is 0.472 e. The third kappa shape index (κ3) is 3.06. The molecule has 5 heteroatoms. The summed E-state index contributed by atoms with van der Waals surface area (Å²) in [5.41, 5.74) is 1.20. The molecular formula is C17H24N2O3. The minimum Gasteiger partial charge on any atom is -0.472 e. The number of amides is 1. The lowest BCUT2D eigenvalue weighted by molar-refractivity contribution is -0.142. The molecule has 1 aliphatic carbocycles. The van der Waals surface area contributed by atoms with Crippen LogP contribution in [0.2, 0.25) is 0 Å². The number of likely N-dealkylation sites (tertiary alicyclic amines) is 1. The molecule has 0 bridgehead atoms. The normalized spacial score (nSPS) is 32.5. The van der Waals surface area contributed by atoms with Crippen LogP contribution in [0.3, 0.4) is 0 Å². The fraction of sp³-hybridized carbons (Fsp3) is 0.706. The first-order chi connectivity index (χ1) is 10.8. The molecule has 3 heterocycles. The van der Waals surface area contributed by atoms with Crippen LogP contribution in [0.25, 0.3) is 0 Å². The lowest BCUT2D eigenvalue weighted by Gasteiger charge is -2.44. The molecule has 1 N–H and O–H groups in total. The van der Waals surface area contributed by atoms with Gasteiger partial charge in [-0.25, -0.2) is 0 Å². The van der Waals surface area contributed by atoms with Crippen molar-refractivity contribution in [2.24, 2.45) is 11.8 Å². The highest BCUT2D eigenvalue weighted by Gasteiger charge is 2.42. The topological polar surface area (TPSA) is 54.7 Å². The van der Waals surface area contributed by atoms with Crippen LogP contribution >= 0.6 is 0 Å². The van der Waals surface area contributed by atoms with Crippen LogP contribution in [0.4, 0.5) is 0 Å². The zero-order chi connectivity index (χ0) is 14.9. The van der Waals surface area contributed by atoms with E-state index in [1.165, 1.54) is 5.56 Å². The number of nitrogens with zero attached hydrogens (tertiary/aromatic N) is 1. The monoisotopic (exact) mass is 304 g/mol. The molecule has 1 saturated carbocycles. The van der Waals surface area contributed by atoms with Gasteiger partial charge in [0.2, 0.25) is 5.91 Å². The van der Waals surface area contributed by atoms with Crippen LogP contribution in [0.5, 0.6) is 0 Å². The Kier molecular flexibility index (Phi) is 3.92. The molecule has 4 rings (SSSR count). The quantitative estimate of drug-likeness (QED) is 0.921. The van der Waals surface area contributed by atoms with Crippen molar-refractivity contribution >= 4 is 5.91 Å². The molecular weight excluding hydrogens is 280 g/mol. The number of piperidine rings is 1. The van der Waals surface area contributed by atoms with Gasteiger partial charge in [-0.15, -0.1) is 0 Å². The fourth-order valence-corrected chi connectivity index (χ4v) is 3.83. The second-order valence-electron chi connectivity index (χ2n) is 6.91. The minimum atomic E-state index is 0.117. The van der Waals surface area contributed by atoms with Crippen molar-refractivity contribution in [3.63, 3.8) is 0 Å². The van der Waals surface area contributed by atoms with E-state index in [0.717, 1.165) is 51.9 Å². The molecule has 3 aliphatic rings. The molecule has 1 aromatic heterocycles. The second kappa shape index (κ2) is 6.05. The summed E-state index contributed by atoms with van der Waals surface area (Å²) in [5, 5.41) is 3.19. The maximum Gasteiger partial charge on any atom is 0.223 e. The van der Waals surface area contributed by atoms with E-state index in [-0.39, 0.29) is 17.9 Å². The third-order valence-corrected chi connectivity index (χ3v) is 5.20. The third-order valence-electron chi connectivity index (χ3n) is 5.20. The number of rotatable bonds is 4. The Hall–Kier alpha value is -1.33. The SMILES string of the molecule is O=C(NC1CC1)[C@@H]1CCO[C@@H]2CCN(Cc3ccoc3)C[C@H]21. The highest BCUT2D eigenvalue weighted by molar-refractivity contribution is 5.79. The Morgan fingerprint density at radius 1 is 1.32 bits per heavy atom. The molecule has 0 radical (unpaired) electrons. The zero-order valence-corrected chi connectivity index (χ0v) is 12.9. The number of furan rings is 1. The van der Waals surface area contributed by atoms with Crippen LogP contribution < -0.4 is 5.32 Å². The number of fused-ring (bicyclic) bond motifs is 1. The summed E-state index contributed by atoms with van der Waals surface area (Å²) in [6, 6.07) is 2.46. The molecule has 1 aromatic rings. The number of hydrogen-bond donors (Lipinski definition) is 1. The van der Waals surface area contributed by atoms with E-state index in [2.05, 4.69) is 10.2 Å². The summed E-state index contributed by atoms with van der Waals surface area (Å²) < 4.78 is 11.1. The first-order valence-electron chi connectivity index (χ1n) is 8.45. The number of carbonyl (C=O) groups is 1. The maximum atomic E-state index is 12.5. The average molecular weight is 304 g/mol. The van der Waals surface area contributed by atoms with Crippen LogP contribution in [0, 0.1) is 11.8 Å². The molecule has 22 heavy (non-hydrogen) atoms. The smallest absolute Gasteiger partial charge is 0.223 e. The second-order valence-corrected chi connectivity index (χ2v) is 6.91. The average Bonchev–Trinajstić information content (AvgIpc) is 3.20. The first-order valence-corrected chi connectivity index (χ1v) is 8.45. The highest BCUT2D eigenvalue weighted by atomic mass is 16.5. The van der Waals surface area contributed by atoms with Gasteiger partial charge in [-0.1, -0.05) is 0 Å². The van der Waals surface area contributed by atoms with Crippen LogP contribution in [-0.2, 0) is 16.1 Å². The fourth-order valence-electron chi connectivity index (χ4n) is 3.83. The van der Waals surface area contributed by atoms with E-state index < -0.39 is 0 Å². The van der Waals surface area contributed by atoms with Gasteiger partial charge in [0.1, 0.15) is 0 Å². The van der Waals surface area contributed by atoms with Crippen molar-refractivity contribution in [1.29, 1.82) is 0 Å². The summed E-state index contributed by atoms with van der Waals surface area (Å²) in [7, 11) is 0. The van der Waals surface area contributed by atoms with E-state index in [1.807, 2.05) is 6.07 Å². The van der Waals surface area contributed by atoms with Crippen LogP contribution in [0.15, 0.2) is 23.0 Å².